The van der Waals surface area contributed by atoms with Crippen LogP contribution in [0.15, 0.2) is 18.2 Å². The number of benzene rings is 1. The average molecular weight is 307 g/mol. The standard InChI is InChI=1S/C17H25NO4/c1-12(17(19)20)10-13-4-5-15(16(11-13)21-3)22-14-6-8-18(2)9-7-14/h4-5,11-12,14H,6-10H2,1-3H3,(H,19,20). The Morgan fingerprint density at radius 2 is 2.05 bits per heavy atom. The summed E-state index contributed by atoms with van der Waals surface area (Å²) in [6.07, 6.45) is 2.73. The summed E-state index contributed by atoms with van der Waals surface area (Å²) in [5, 5.41) is 9.00. The highest BCUT2D eigenvalue weighted by Crippen LogP contribution is 2.31. The van der Waals surface area contributed by atoms with Crippen molar-refractivity contribution >= 4 is 5.97 Å². The van der Waals surface area contributed by atoms with Gasteiger partial charge in [0, 0.05) is 13.1 Å². The number of methoxy groups -OCH3 is 1. The zero-order chi connectivity index (χ0) is 16.1. The molecule has 1 atom stereocenters. The summed E-state index contributed by atoms with van der Waals surface area (Å²) in [6, 6.07) is 5.69. The van der Waals surface area contributed by atoms with Gasteiger partial charge in [-0.05, 0) is 44.0 Å². The third-order valence-corrected chi connectivity index (χ3v) is 4.15. The van der Waals surface area contributed by atoms with E-state index >= 15 is 0 Å². The second-order valence-electron chi connectivity index (χ2n) is 6.05. The number of carboxylic acids is 1. The number of hydrogen-bond donors (Lipinski definition) is 1. The van der Waals surface area contributed by atoms with Crippen LogP contribution in [0.2, 0.25) is 0 Å². The number of hydrogen-bond acceptors (Lipinski definition) is 4. The van der Waals surface area contributed by atoms with E-state index in [9.17, 15) is 4.79 Å². The fourth-order valence-electron chi connectivity index (χ4n) is 2.66. The molecule has 5 nitrogen and oxygen atoms in total. The molecule has 0 aromatic heterocycles. The molecule has 0 saturated carbocycles. The number of ether oxygens (including phenoxy) is 2. The normalized spacial score (nSPS) is 18.0. The summed E-state index contributed by atoms with van der Waals surface area (Å²) >= 11 is 0. The first-order valence-corrected chi connectivity index (χ1v) is 7.74. The predicted molar refractivity (Wildman–Crippen MR) is 84.6 cm³/mol. The van der Waals surface area contributed by atoms with Crippen LogP contribution in [0.1, 0.15) is 25.3 Å². The van der Waals surface area contributed by atoms with Crippen LogP contribution in [0.25, 0.3) is 0 Å². The molecule has 1 N–H and O–H groups in total. The molecule has 2 rings (SSSR count). The van der Waals surface area contributed by atoms with E-state index in [2.05, 4.69) is 11.9 Å². The van der Waals surface area contributed by atoms with Crippen molar-refractivity contribution in [1.29, 1.82) is 0 Å². The maximum absolute atomic E-state index is 11.0. The highest BCUT2D eigenvalue weighted by atomic mass is 16.5. The molecule has 5 heteroatoms. The Labute approximate surface area is 131 Å². The van der Waals surface area contributed by atoms with Gasteiger partial charge in [-0.3, -0.25) is 4.79 Å². The van der Waals surface area contributed by atoms with Gasteiger partial charge in [0.25, 0.3) is 0 Å². The number of rotatable bonds is 6. The Morgan fingerprint density at radius 3 is 2.64 bits per heavy atom. The molecular formula is C17H25NO4. The number of carbonyl (C=O) groups is 1. The average Bonchev–Trinajstić information content (AvgIpc) is 2.50. The molecule has 1 saturated heterocycles. The summed E-state index contributed by atoms with van der Waals surface area (Å²) in [6.45, 7) is 3.79. The Morgan fingerprint density at radius 1 is 1.36 bits per heavy atom. The van der Waals surface area contributed by atoms with Crippen molar-refractivity contribution in [1.82, 2.24) is 4.90 Å². The molecule has 0 aliphatic carbocycles. The van der Waals surface area contributed by atoms with Gasteiger partial charge in [0.1, 0.15) is 6.10 Å². The lowest BCUT2D eigenvalue weighted by molar-refractivity contribution is -0.141. The number of nitrogens with zero attached hydrogens (tertiary/aromatic N) is 1. The van der Waals surface area contributed by atoms with Crippen molar-refractivity contribution in [3.05, 3.63) is 23.8 Å². The van der Waals surface area contributed by atoms with Crippen molar-refractivity contribution < 1.29 is 19.4 Å². The van der Waals surface area contributed by atoms with E-state index in [4.69, 9.17) is 14.6 Å². The molecular weight excluding hydrogens is 282 g/mol. The highest BCUT2D eigenvalue weighted by Gasteiger charge is 2.20. The highest BCUT2D eigenvalue weighted by molar-refractivity contribution is 5.70. The Hall–Kier alpha value is -1.75. The van der Waals surface area contributed by atoms with Gasteiger partial charge >= 0.3 is 5.97 Å². The van der Waals surface area contributed by atoms with E-state index in [1.54, 1.807) is 14.0 Å². The molecule has 22 heavy (non-hydrogen) atoms. The number of carboxylic acid groups (broad SMARTS) is 1. The molecule has 0 spiro atoms. The van der Waals surface area contributed by atoms with Crippen LogP contribution in [0.5, 0.6) is 11.5 Å². The molecule has 1 aliphatic heterocycles. The lowest BCUT2D eigenvalue weighted by atomic mass is 10.0. The van der Waals surface area contributed by atoms with Gasteiger partial charge in [-0.25, -0.2) is 0 Å². The SMILES string of the molecule is COc1cc(CC(C)C(=O)O)ccc1OC1CCN(C)CC1. The minimum Gasteiger partial charge on any atom is -0.493 e. The lowest BCUT2D eigenvalue weighted by Gasteiger charge is -2.29. The van der Waals surface area contributed by atoms with Gasteiger partial charge in [-0.1, -0.05) is 13.0 Å². The van der Waals surface area contributed by atoms with Gasteiger partial charge in [0.05, 0.1) is 13.0 Å². The zero-order valence-corrected chi connectivity index (χ0v) is 13.5. The van der Waals surface area contributed by atoms with Gasteiger partial charge in [0.15, 0.2) is 11.5 Å². The summed E-state index contributed by atoms with van der Waals surface area (Å²) < 4.78 is 11.5. The monoisotopic (exact) mass is 307 g/mol. The third kappa shape index (κ3) is 4.37. The quantitative estimate of drug-likeness (QED) is 0.874. The fraction of sp³-hybridized carbons (Fsp3) is 0.588. The molecule has 1 aliphatic rings. The predicted octanol–water partition coefficient (Wildman–Crippen LogP) is 2.43. The minimum atomic E-state index is -0.786. The van der Waals surface area contributed by atoms with E-state index in [0.717, 1.165) is 37.2 Å². The first-order chi connectivity index (χ1) is 10.5. The van der Waals surface area contributed by atoms with Crippen molar-refractivity contribution in [3.63, 3.8) is 0 Å². The van der Waals surface area contributed by atoms with Crippen molar-refractivity contribution in [2.45, 2.75) is 32.3 Å². The minimum absolute atomic E-state index is 0.217. The van der Waals surface area contributed by atoms with Crippen LogP contribution in [0.3, 0.4) is 0 Å². The fourth-order valence-corrected chi connectivity index (χ4v) is 2.66. The molecule has 0 bridgehead atoms. The summed E-state index contributed by atoms with van der Waals surface area (Å²) in [7, 11) is 3.73. The van der Waals surface area contributed by atoms with E-state index in [1.807, 2.05) is 18.2 Å². The third-order valence-electron chi connectivity index (χ3n) is 4.15. The number of aliphatic carboxylic acids is 1. The smallest absolute Gasteiger partial charge is 0.306 e. The molecule has 1 unspecified atom stereocenters. The molecule has 1 heterocycles. The first-order valence-electron chi connectivity index (χ1n) is 7.74. The number of piperidine rings is 1. The van der Waals surface area contributed by atoms with Crippen molar-refractivity contribution in [2.75, 3.05) is 27.2 Å². The summed E-state index contributed by atoms with van der Waals surface area (Å²) in [5.41, 5.74) is 0.947. The van der Waals surface area contributed by atoms with E-state index in [-0.39, 0.29) is 6.10 Å². The van der Waals surface area contributed by atoms with Crippen LogP contribution >= 0.6 is 0 Å². The molecule has 0 amide bonds. The van der Waals surface area contributed by atoms with Gasteiger partial charge in [0.2, 0.25) is 0 Å². The zero-order valence-electron chi connectivity index (χ0n) is 13.5. The van der Waals surface area contributed by atoms with E-state index in [1.165, 1.54) is 0 Å². The van der Waals surface area contributed by atoms with Crippen LogP contribution in [0, 0.1) is 5.92 Å². The lowest BCUT2D eigenvalue weighted by Crippen LogP contribution is -2.35. The van der Waals surface area contributed by atoms with Crippen LogP contribution in [-0.4, -0.2) is 49.3 Å². The topological polar surface area (TPSA) is 59.0 Å². The summed E-state index contributed by atoms with van der Waals surface area (Å²) in [5.74, 6) is 0.216. The second-order valence-corrected chi connectivity index (χ2v) is 6.05. The van der Waals surface area contributed by atoms with Gasteiger partial charge in [-0.15, -0.1) is 0 Å². The van der Waals surface area contributed by atoms with Gasteiger partial charge in [-0.2, -0.15) is 0 Å². The first kappa shape index (κ1) is 16.6. The molecule has 1 aromatic carbocycles. The molecule has 0 radical (unpaired) electrons. The van der Waals surface area contributed by atoms with E-state index in [0.29, 0.717) is 12.2 Å². The van der Waals surface area contributed by atoms with Crippen LogP contribution in [0.4, 0.5) is 0 Å². The largest absolute Gasteiger partial charge is 0.493 e. The van der Waals surface area contributed by atoms with Crippen LogP contribution < -0.4 is 9.47 Å². The molecule has 122 valence electrons. The number of likely N-dealkylation sites (tertiary alicyclic amines) is 1. The Balaban J connectivity index is 2.04. The maximum atomic E-state index is 11.0. The van der Waals surface area contributed by atoms with E-state index < -0.39 is 11.9 Å². The Kier molecular flexibility index (Phi) is 5.66. The van der Waals surface area contributed by atoms with Crippen molar-refractivity contribution in [2.24, 2.45) is 5.92 Å². The molecule has 1 aromatic rings. The van der Waals surface area contributed by atoms with Crippen LogP contribution in [-0.2, 0) is 11.2 Å². The van der Waals surface area contributed by atoms with Crippen molar-refractivity contribution in [3.8, 4) is 11.5 Å². The second kappa shape index (κ2) is 7.49. The molecule has 1 fully saturated rings. The maximum Gasteiger partial charge on any atom is 0.306 e. The van der Waals surface area contributed by atoms with Gasteiger partial charge < -0.3 is 19.5 Å². The summed E-state index contributed by atoms with van der Waals surface area (Å²) in [4.78, 5) is 13.3. The Bertz CT molecular complexity index is 509.